The van der Waals surface area contributed by atoms with Crippen LogP contribution in [0.2, 0.25) is 0 Å². The Kier molecular flexibility index (Phi) is 3.06. The normalized spacial score (nSPS) is 18.1. The van der Waals surface area contributed by atoms with Crippen molar-refractivity contribution in [3.63, 3.8) is 0 Å². The third-order valence-electron chi connectivity index (χ3n) is 2.48. The second-order valence-corrected chi connectivity index (χ2v) is 3.76. The maximum absolute atomic E-state index is 10.5. The van der Waals surface area contributed by atoms with Gasteiger partial charge in [-0.3, -0.25) is 4.79 Å². The van der Waals surface area contributed by atoms with E-state index in [4.69, 9.17) is 15.2 Å². The van der Waals surface area contributed by atoms with Crippen LogP contribution in [-0.2, 0) is 9.63 Å². The number of nitrogens with zero attached hydrogens (tertiary/aromatic N) is 2. The summed E-state index contributed by atoms with van der Waals surface area (Å²) in [5, 5.41) is 21.2. The van der Waals surface area contributed by atoms with Crippen molar-refractivity contribution in [2.45, 2.75) is 18.9 Å². The van der Waals surface area contributed by atoms with E-state index < -0.39 is 12.1 Å². The SMILES string of the molecule is N#Cc1ccc(C2=NO[C@H](CC(=O)O)C2)cc1. The third-order valence-corrected chi connectivity index (χ3v) is 2.48. The Hall–Kier alpha value is -2.35. The quantitative estimate of drug-likeness (QED) is 0.853. The Labute approximate surface area is 97.9 Å². The van der Waals surface area contributed by atoms with E-state index in [9.17, 15) is 4.79 Å². The molecule has 0 aromatic heterocycles. The molecule has 0 unspecified atom stereocenters. The molecule has 0 saturated heterocycles. The van der Waals surface area contributed by atoms with Crippen molar-refractivity contribution in [2.75, 3.05) is 0 Å². The second-order valence-electron chi connectivity index (χ2n) is 3.76. The van der Waals surface area contributed by atoms with Crippen LogP contribution in [0.15, 0.2) is 29.4 Å². The Morgan fingerprint density at radius 2 is 2.24 bits per heavy atom. The summed E-state index contributed by atoms with van der Waals surface area (Å²) < 4.78 is 0. The highest BCUT2D eigenvalue weighted by Gasteiger charge is 2.24. The van der Waals surface area contributed by atoms with Crippen LogP contribution in [0.4, 0.5) is 0 Å². The van der Waals surface area contributed by atoms with E-state index in [2.05, 4.69) is 5.16 Å². The number of hydrogen-bond acceptors (Lipinski definition) is 4. The molecule has 1 aliphatic heterocycles. The smallest absolute Gasteiger partial charge is 0.307 e. The first kappa shape index (κ1) is 11.1. The van der Waals surface area contributed by atoms with Crippen LogP contribution in [0.1, 0.15) is 24.0 Å². The van der Waals surface area contributed by atoms with Crippen molar-refractivity contribution < 1.29 is 14.7 Å². The molecule has 0 saturated carbocycles. The molecule has 0 radical (unpaired) electrons. The van der Waals surface area contributed by atoms with Crippen molar-refractivity contribution in [2.24, 2.45) is 5.16 Å². The molecule has 1 N–H and O–H groups in total. The summed E-state index contributed by atoms with van der Waals surface area (Å²) in [6.07, 6.45) is 0.0414. The molecule has 1 atom stereocenters. The van der Waals surface area contributed by atoms with Gasteiger partial charge < -0.3 is 9.94 Å². The fourth-order valence-electron chi connectivity index (χ4n) is 1.64. The molecule has 86 valence electrons. The van der Waals surface area contributed by atoms with Gasteiger partial charge in [0.1, 0.15) is 6.10 Å². The standard InChI is InChI=1S/C12H10N2O3/c13-7-8-1-3-9(4-2-8)11-5-10(17-14-11)6-12(15)16/h1-4,10H,5-6H2,(H,15,16)/t10-/m0/s1. The highest BCUT2D eigenvalue weighted by atomic mass is 16.6. The predicted octanol–water partition coefficient (Wildman–Crippen LogP) is 1.53. The molecule has 17 heavy (non-hydrogen) atoms. The lowest BCUT2D eigenvalue weighted by molar-refractivity contribution is -0.139. The van der Waals surface area contributed by atoms with Crippen LogP contribution in [0.5, 0.6) is 0 Å². The summed E-state index contributed by atoms with van der Waals surface area (Å²) >= 11 is 0. The Morgan fingerprint density at radius 3 is 2.82 bits per heavy atom. The number of hydrogen-bond donors (Lipinski definition) is 1. The first-order valence-electron chi connectivity index (χ1n) is 5.14. The van der Waals surface area contributed by atoms with Crippen molar-refractivity contribution >= 4 is 11.7 Å². The van der Waals surface area contributed by atoms with Crippen LogP contribution >= 0.6 is 0 Å². The second kappa shape index (κ2) is 4.66. The molecule has 0 aliphatic carbocycles. The van der Waals surface area contributed by atoms with Gasteiger partial charge in [0.2, 0.25) is 0 Å². The lowest BCUT2D eigenvalue weighted by Crippen LogP contribution is -2.13. The molecule has 0 spiro atoms. The van der Waals surface area contributed by atoms with E-state index >= 15 is 0 Å². The van der Waals surface area contributed by atoms with Crippen molar-refractivity contribution in [3.05, 3.63) is 35.4 Å². The van der Waals surface area contributed by atoms with Gasteiger partial charge in [-0.1, -0.05) is 17.3 Å². The number of oxime groups is 1. The van der Waals surface area contributed by atoms with Crippen LogP contribution in [0.25, 0.3) is 0 Å². The molecule has 0 bridgehead atoms. The molecule has 1 aromatic rings. The van der Waals surface area contributed by atoms with Crippen molar-refractivity contribution in [3.8, 4) is 6.07 Å². The van der Waals surface area contributed by atoms with Crippen molar-refractivity contribution in [1.29, 1.82) is 5.26 Å². The zero-order chi connectivity index (χ0) is 12.3. The van der Waals surface area contributed by atoms with Crippen LogP contribution in [0.3, 0.4) is 0 Å². The minimum Gasteiger partial charge on any atom is -0.481 e. The highest BCUT2D eigenvalue weighted by molar-refractivity contribution is 6.01. The number of aliphatic carboxylic acids is 1. The topological polar surface area (TPSA) is 82.7 Å². The summed E-state index contributed by atoms with van der Waals surface area (Å²) in [4.78, 5) is 15.5. The zero-order valence-electron chi connectivity index (χ0n) is 8.96. The van der Waals surface area contributed by atoms with Gasteiger partial charge >= 0.3 is 5.97 Å². The minimum absolute atomic E-state index is 0.0523. The molecule has 5 nitrogen and oxygen atoms in total. The molecule has 5 heteroatoms. The predicted molar refractivity (Wildman–Crippen MR) is 59.4 cm³/mol. The van der Waals surface area contributed by atoms with Gasteiger partial charge in [0.05, 0.1) is 23.8 Å². The van der Waals surface area contributed by atoms with Gasteiger partial charge in [0.15, 0.2) is 0 Å². The summed E-state index contributed by atoms with van der Waals surface area (Å²) in [6, 6.07) is 8.99. The van der Waals surface area contributed by atoms with Gasteiger partial charge in [0.25, 0.3) is 0 Å². The largest absolute Gasteiger partial charge is 0.481 e. The molecule has 1 heterocycles. The van der Waals surface area contributed by atoms with E-state index in [-0.39, 0.29) is 6.42 Å². The maximum Gasteiger partial charge on any atom is 0.307 e. The monoisotopic (exact) mass is 230 g/mol. The molecular weight excluding hydrogens is 220 g/mol. The molecule has 1 aliphatic rings. The Morgan fingerprint density at radius 1 is 1.53 bits per heavy atom. The number of carboxylic acids is 1. The third kappa shape index (κ3) is 2.61. The van der Waals surface area contributed by atoms with Gasteiger partial charge in [-0.2, -0.15) is 5.26 Å². The fourth-order valence-corrected chi connectivity index (χ4v) is 1.64. The van der Waals surface area contributed by atoms with E-state index in [1.54, 1.807) is 24.3 Å². The fraction of sp³-hybridized carbons (Fsp3) is 0.250. The van der Waals surface area contributed by atoms with Crippen LogP contribution in [0, 0.1) is 11.3 Å². The lowest BCUT2D eigenvalue weighted by atomic mass is 10.0. The number of rotatable bonds is 3. The molecular formula is C12H10N2O3. The molecule has 2 rings (SSSR count). The average Bonchev–Trinajstić information content (AvgIpc) is 2.77. The van der Waals surface area contributed by atoms with E-state index in [1.165, 1.54) is 0 Å². The minimum atomic E-state index is -0.897. The van der Waals surface area contributed by atoms with Crippen LogP contribution < -0.4 is 0 Å². The molecule has 0 fully saturated rings. The Balaban J connectivity index is 2.05. The van der Waals surface area contributed by atoms with Crippen molar-refractivity contribution in [1.82, 2.24) is 0 Å². The number of carbonyl (C=O) groups is 1. The summed E-state index contributed by atoms with van der Waals surface area (Å²) in [6.45, 7) is 0. The van der Waals surface area contributed by atoms with Crippen LogP contribution in [-0.4, -0.2) is 22.9 Å². The van der Waals surface area contributed by atoms with Gasteiger partial charge in [-0.05, 0) is 17.7 Å². The van der Waals surface area contributed by atoms with E-state index in [0.29, 0.717) is 12.0 Å². The zero-order valence-corrected chi connectivity index (χ0v) is 8.96. The first-order valence-corrected chi connectivity index (χ1v) is 5.14. The maximum atomic E-state index is 10.5. The lowest BCUT2D eigenvalue weighted by Gasteiger charge is -2.03. The Bertz CT molecular complexity index is 499. The first-order chi connectivity index (χ1) is 8.19. The van der Waals surface area contributed by atoms with E-state index in [1.807, 2.05) is 6.07 Å². The molecule has 0 amide bonds. The summed E-state index contributed by atoms with van der Waals surface area (Å²) in [7, 11) is 0. The average molecular weight is 230 g/mol. The number of benzene rings is 1. The summed E-state index contributed by atoms with van der Waals surface area (Å²) in [5.74, 6) is -0.897. The van der Waals surface area contributed by atoms with Gasteiger partial charge in [-0.25, -0.2) is 0 Å². The highest BCUT2D eigenvalue weighted by Crippen LogP contribution is 2.19. The molecule has 1 aromatic carbocycles. The van der Waals surface area contributed by atoms with E-state index in [0.717, 1.165) is 11.3 Å². The summed E-state index contributed by atoms with van der Waals surface area (Å²) in [5.41, 5.74) is 2.16. The van der Waals surface area contributed by atoms with Gasteiger partial charge in [-0.15, -0.1) is 0 Å². The van der Waals surface area contributed by atoms with Gasteiger partial charge in [0, 0.05) is 6.42 Å². The number of nitriles is 1. The number of carboxylic acid groups (broad SMARTS) is 1.